The maximum atomic E-state index is 11.9. The quantitative estimate of drug-likeness (QED) is 0.413. The van der Waals surface area contributed by atoms with E-state index in [1.807, 2.05) is 31.2 Å². The third-order valence-corrected chi connectivity index (χ3v) is 6.02. The highest BCUT2D eigenvalue weighted by atomic mass is 16.5. The van der Waals surface area contributed by atoms with Crippen LogP contribution in [0.4, 0.5) is 0 Å². The number of fused-ring (bicyclic) bond motifs is 1. The number of rotatable bonds is 4. The molecule has 0 saturated carbocycles. The molecule has 0 heterocycles. The summed E-state index contributed by atoms with van der Waals surface area (Å²) in [7, 11) is 0. The lowest BCUT2D eigenvalue weighted by molar-refractivity contribution is 0.0526. The average molecular weight is 391 g/mol. The molecule has 3 rings (SSSR count). The van der Waals surface area contributed by atoms with Crippen molar-refractivity contribution in [3.8, 4) is 0 Å². The van der Waals surface area contributed by atoms with Crippen LogP contribution in [-0.4, -0.2) is 12.6 Å². The highest BCUT2D eigenvalue weighted by molar-refractivity contribution is 5.89. The summed E-state index contributed by atoms with van der Waals surface area (Å²) in [6.07, 6.45) is 4.56. The summed E-state index contributed by atoms with van der Waals surface area (Å²) in [5.41, 5.74) is 6.44. The summed E-state index contributed by atoms with van der Waals surface area (Å²) >= 11 is 0. The van der Waals surface area contributed by atoms with E-state index in [9.17, 15) is 4.79 Å². The molecule has 0 amide bonds. The van der Waals surface area contributed by atoms with Gasteiger partial charge in [0.15, 0.2) is 0 Å². The first kappa shape index (κ1) is 21.4. The third-order valence-electron chi connectivity index (χ3n) is 6.02. The average Bonchev–Trinajstić information content (AvgIpc) is 2.70. The van der Waals surface area contributed by atoms with Crippen LogP contribution in [0.2, 0.25) is 0 Å². The zero-order valence-electron chi connectivity index (χ0n) is 18.7. The van der Waals surface area contributed by atoms with E-state index in [0.717, 1.165) is 12.0 Å². The van der Waals surface area contributed by atoms with E-state index >= 15 is 0 Å². The summed E-state index contributed by atoms with van der Waals surface area (Å²) in [6.45, 7) is 14.1. The van der Waals surface area contributed by atoms with Gasteiger partial charge in [0.1, 0.15) is 0 Å². The summed E-state index contributed by atoms with van der Waals surface area (Å²) in [5, 5.41) is 0. The SMILES string of the molecule is CCOC(=O)c1ccc(C=C(C)C2c3ccccc3CC(C)(C)CC2(C)C)cc1. The summed E-state index contributed by atoms with van der Waals surface area (Å²) in [4.78, 5) is 11.9. The molecule has 0 saturated heterocycles. The van der Waals surface area contributed by atoms with Gasteiger partial charge >= 0.3 is 5.97 Å². The lowest BCUT2D eigenvalue weighted by Crippen LogP contribution is -2.27. The van der Waals surface area contributed by atoms with Crippen LogP contribution in [0.15, 0.2) is 54.1 Å². The number of esters is 1. The van der Waals surface area contributed by atoms with Crippen molar-refractivity contribution in [1.29, 1.82) is 0 Å². The van der Waals surface area contributed by atoms with Crippen LogP contribution >= 0.6 is 0 Å². The van der Waals surface area contributed by atoms with Crippen molar-refractivity contribution in [2.45, 2.75) is 60.3 Å². The minimum absolute atomic E-state index is 0.154. The van der Waals surface area contributed by atoms with Crippen LogP contribution in [-0.2, 0) is 11.2 Å². The Kier molecular flexibility index (Phi) is 6.03. The van der Waals surface area contributed by atoms with Gasteiger partial charge in [0.25, 0.3) is 0 Å². The van der Waals surface area contributed by atoms with Gasteiger partial charge in [-0.1, -0.05) is 75.7 Å². The first-order valence-corrected chi connectivity index (χ1v) is 10.7. The van der Waals surface area contributed by atoms with Crippen LogP contribution in [0.5, 0.6) is 0 Å². The van der Waals surface area contributed by atoms with Crippen molar-refractivity contribution >= 4 is 12.0 Å². The molecule has 29 heavy (non-hydrogen) atoms. The fourth-order valence-corrected chi connectivity index (χ4v) is 5.45. The van der Waals surface area contributed by atoms with E-state index in [0.29, 0.717) is 18.1 Å². The van der Waals surface area contributed by atoms with Crippen molar-refractivity contribution in [3.63, 3.8) is 0 Å². The van der Waals surface area contributed by atoms with Gasteiger partial charge in [0, 0.05) is 5.92 Å². The Hall–Kier alpha value is -2.35. The van der Waals surface area contributed by atoms with E-state index in [4.69, 9.17) is 4.74 Å². The maximum absolute atomic E-state index is 11.9. The van der Waals surface area contributed by atoms with Crippen LogP contribution in [0.1, 0.15) is 80.9 Å². The summed E-state index contributed by atoms with van der Waals surface area (Å²) in [5.74, 6) is 0.103. The highest BCUT2D eigenvalue weighted by Gasteiger charge is 2.41. The molecule has 2 aromatic carbocycles. The van der Waals surface area contributed by atoms with Crippen LogP contribution in [0.3, 0.4) is 0 Å². The number of hydrogen-bond donors (Lipinski definition) is 0. The molecule has 2 nitrogen and oxygen atoms in total. The van der Waals surface area contributed by atoms with Gasteiger partial charge in [-0.25, -0.2) is 4.79 Å². The van der Waals surface area contributed by atoms with E-state index < -0.39 is 0 Å². The molecule has 0 fully saturated rings. The Balaban J connectivity index is 1.98. The first-order chi connectivity index (χ1) is 13.6. The molecule has 0 bridgehead atoms. The first-order valence-electron chi connectivity index (χ1n) is 10.7. The van der Waals surface area contributed by atoms with Crippen LogP contribution in [0, 0.1) is 10.8 Å². The Labute approximate surface area is 176 Å². The van der Waals surface area contributed by atoms with Gasteiger partial charge in [-0.2, -0.15) is 0 Å². The lowest BCUT2D eigenvalue weighted by Gasteiger charge is -2.38. The topological polar surface area (TPSA) is 26.3 Å². The van der Waals surface area contributed by atoms with Crippen molar-refractivity contribution in [2.75, 3.05) is 6.61 Å². The summed E-state index contributed by atoms with van der Waals surface area (Å²) in [6, 6.07) is 16.7. The van der Waals surface area contributed by atoms with E-state index in [1.165, 1.54) is 23.1 Å². The Morgan fingerprint density at radius 2 is 1.72 bits per heavy atom. The monoisotopic (exact) mass is 390 g/mol. The van der Waals surface area contributed by atoms with Gasteiger partial charge in [-0.3, -0.25) is 0 Å². The molecular weight excluding hydrogens is 356 g/mol. The molecule has 0 aliphatic heterocycles. The fraction of sp³-hybridized carbons (Fsp3) is 0.444. The third kappa shape index (κ3) is 4.80. The molecule has 1 aliphatic carbocycles. The van der Waals surface area contributed by atoms with E-state index in [1.54, 1.807) is 0 Å². The molecule has 154 valence electrons. The molecule has 2 aromatic rings. The number of allylic oxidation sites excluding steroid dienone is 1. The van der Waals surface area contributed by atoms with Gasteiger partial charge in [-0.05, 0) is 66.3 Å². The minimum atomic E-state index is -0.263. The molecular formula is C27H34O2. The maximum Gasteiger partial charge on any atom is 0.338 e. The van der Waals surface area contributed by atoms with Crippen molar-refractivity contribution in [3.05, 3.63) is 76.4 Å². The second-order valence-corrected chi connectivity index (χ2v) is 9.87. The van der Waals surface area contributed by atoms with E-state index in [2.05, 4.69) is 65.0 Å². The number of benzene rings is 2. The number of carbonyl (C=O) groups is 1. The number of carbonyl (C=O) groups excluding carboxylic acids is 1. The highest BCUT2D eigenvalue weighted by Crippen LogP contribution is 2.52. The smallest absolute Gasteiger partial charge is 0.338 e. The zero-order valence-corrected chi connectivity index (χ0v) is 18.7. The van der Waals surface area contributed by atoms with E-state index in [-0.39, 0.29) is 16.8 Å². The largest absolute Gasteiger partial charge is 0.462 e. The molecule has 1 unspecified atom stereocenters. The normalized spacial score (nSPS) is 20.5. The van der Waals surface area contributed by atoms with Crippen LogP contribution in [0.25, 0.3) is 6.08 Å². The molecule has 1 aliphatic rings. The molecule has 0 N–H and O–H groups in total. The Bertz CT molecular complexity index is 900. The lowest BCUT2D eigenvalue weighted by atomic mass is 9.66. The van der Waals surface area contributed by atoms with Gasteiger partial charge in [-0.15, -0.1) is 0 Å². The van der Waals surface area contributed by atoms with Gasteiger partial charge in [0.05, 0.1) is 12.2 Å². The summed E-state index contributed by atoms with van der Waals surface area (Å²) < 4.78 is 5.09. The van der Waals surface area contributed by atoms with Crippen molar-refractivity contribution < 1.29 is 9.53 Å². The van der Waals surface area contributed by atoms with Crippen molar-refractivity contribution in [2.24, 2.45) is 10.8 Å². The van der Waals surface area contributed by atoms with Gasteiger partial charge < -0.3 is 4.74 Å². The predicted molar refractivity (Wildman–Crippen MR) is 121 cm³/mol. The standard InChI is InChI=1S/C27H34O2/c1-7-29-25(28)21-14-12-20(13-15-21)16-19(2)24-23-11-9-8-10-22(23)17-26(3,4)18-27(24,5)6/h8-16,24H,7,17-18H2,1-6H3. The molecule has 2 heteroatoms. The second-order valence-electron chi connectivity index (χ2n) is 9.87. The molecule has 1 atom stereocenters. The molecule has 0 aromatic heterocycles. The Morgan fingerprint density at radius 3 is 2.38 bits per heavy atom. The second kappa shape index (κ2) is 8.18. The van der Waals surface area contributed by atoms with Gasteiger partial charge in [0.2, 0.25) is 0 Å². The molecule has 0 spiro atoms. The Morgan fingerprint density at radius 1 is 1.07 bits per heavy atom. The predicted octanol–water partition coefficient (Wildman–Crippen LogP) is 7.05. The fourth-order valence-electron chi connectivity index (χ4n) is 5.45. The van der Waals surface area contributed by atoms with Crippen LogP contribution < -0.4 is 0 Å². The zero-order chi connectivity index (χ0) is 21.2. The minimum Gasteiger partial charge on any atom is -0.462 e. The number of ether oxygens (including phenoxy) is 1. The number of hydrogen-bond acceptors (Lipinski definition) is 2. The molecule has 0 radical (unpaired) electrons. The van der Waals surface area contributed by atoms with Crippen molar-refractivity contribution in [1.82, 2.24) is 0 Å².